The zero-order chi connectivity index (χ0) is 20.0. The third kappa shape index (κ3) is 3.81. The fourth-order valence-electron chi connectivity index (χ4n) is 2.80. The van der Waals surface area contributed by atoms with Gasteiger partial charge >= 0.3 is 0 Å². The number of nitrogens with zero attached hydrogens (tertiary/aromatic N) is 1. The highest BCUT2D eigenvalue weighted by molar-refractivity contribution is 7.92. The van der Waals surface area contributed by atoms with Crippen LogP contribution in [-0.4, -0.2) is 33.3 Å². The van der Waals surface area contributed by atoms with Crippen molar-refractivity contribution < 1.29 is 22.7 Å². The molecule has 1 aliphatic heterocycles. The van der Waals surface area contributed by atoms with Crippen molar-refractivity contribution in [3.8, 4) is 11.5 Å². The van der Waals surface area contributed by atoms with Gasteiger partial charge < -0.3 is 9.47 Å². The van der Waals surface area contributed by atoms with Crippen molar-refractivity contribution in [2.24, 2.45) is 0 Å². The highest BCUT2D eigenvalue weighted by Gasteiger charge is 2.42. The van der Waals surface area contributed by atoms with E-state index in [0.29, 0.717) is 33.6 Å². The van der Waals surface area contributed by atoms with Gasteiger partial charge in [-0.3, -0.25) is 14.4 Å². The SMILES string of the molecule is COc1cc(N2C(=O)C(C)(C)Oc3cc(NS(C)(=O)=O)ccc32)ccc1Cl. The number of methoxy groups -OCH3 is 1. The summed E-state index contributed by atoms with van der Waals surface area (Å²) in [5.74, 6) is 0.536. The van der Waals surface area contributed by atoms with Crippen molar-refractivity contribution in [3.63, 3.8) is 0 Å². The molecule has 0 aliphatic carbocycles. The minimum atomic E-state index is -3.44. The van der Waals surface area contributed by atoms with Gasteiger partial charge in [0.15, 0.2) is 5.60 Å². The number of halogens is 1. The van der Waals surface area contributed by atoms with Crippen LogP contribution in [0.3, 0.4) is 0 Å². The Bertz CT molecular complexity index is 1020. The molecule has 0 saturated heterocycles. The average molecular weight is 411 g/mol. The van der Waals surface area contributed by atoms with Gasteiger partial charge in [0.2, 0.25) is 10.0 Å². The zero-order valence-corrected chi connectivity index (χ0v) is 16.8. The Hall–Kier alpha value is -2.45. The van der Waals surface area contributed by atoms with Crippen molar-refractivity contribution in [1.29, 1.82) is 0 Å². The number of amides is 1. The molecule has 2 aromatic carbocycles. The molecule has 27 heavy (non-hydrogen) atoms. The zero-order valence-electron chi connectivity index (χ0n) is 15.2. The third-order valence-corrected chi connectivity index (χ3v) is 4.90. The van der Waals surface area contributed by atoms with Gasteiger partial charge in [0, 0.05) is 12.1 Å². The first-order chi connectivity index (χ1) is 12.5. The van der Waals surface area contributed by atoms with E-state index >= 15 is 0 Å². The van der Waals surface area contributed by atoms with Crippen molar-refractivity contribution in [3.05, 3.63) is 41.4 Å². The van der Waals surface area contributed by atoms with Gasteiger partial charge in [0.1, 0.15) is 11.5 Å². The quantitative estimate of drug-likeness (QED) is 0.833. The standard InChI is InChI=1S/C18H19ClN2O5S/c1-18(2)17(22)21(12-6-7-13(19)15(10-12)25-3)14-8-5-11(9-16(14)26-18)20-27(4,23)24/h5-10,20H,1-4H3. The fraction of sp³-hybridized carbons (Fsp3) is 0.278. The smallest absolute Gasteiger partial charge is 0.275 e. The summed E-state index contributed by atoms with van der Waals surface area (Å²) in [5, 5.41) is 0.425. The minimum absolute atomic E-state index is 0.275. The molecule has 7 nitrogen and oxygen atoms in total. The predicted molar refractivity (Wildman–Crippen MR) is 105 cm³/mol. The number of ether oxygens (including phenoxy) is 2. The maximum atomic E-state index is 13.0. The van der Waals surface area contributed by atoms with Crippen LogP contribution in [0.2, 0.25) is 5.02 Å². The maximum Gasteiger partial charge on any atom is 0.275 e. The molecule has 144 valence electrons. The summed E-state index contributed by atoms with van der Waals surface area (Å²) in [6, 6.07) is 9.74. The molecular weight excluding hydrogens is 392 g/mol. The molecule has 1 amide bonds. The van der Waals surface area contributed by atoms with Crippen LogP contribution in [0.4, 0.5) is 17.1 Å². The van der Waals surface area contributed by atoms with E-state index in [1.54, 1.807) is 50.2 Å². The summed E-state index contributed by atoms with van der Waals surface area (Å²) in [7, 11) is -1.95. The molecule has 1 aliphatic rings. The summed E-state index contributed by atoms with van der Waals surface area (Å²) in [5.41, 5.74) is 0.240. The Balaban J connectivity index is 2.14. The van der Waals surface area contributed by atoms with E-state index < -0.39 is 15.6 Å². The van der Waals surface area contributed by atoms with Gasteiger partial charge in [0.25, 0.3) is 5.91 Å². The van der Waals surface area contributed by atoms with Gasteiger partial charge in [-0.1, -0.05) is 11.6 Å². The van der Waals surface area contributed by atoms with Crippen LogP contribution >= 0.6 is 11.6 Å². The minimum Gasteiger partial charge on any atom is -0.495 e. The number of hydrogen-bond donors (Lipinski definition) is 1. The molecule has 0 spiro atoms. The number of carbonyl (C=O) groups is 1. The fourth-order valence-corrected chi connectivity index (χ4v) is 3.55. The Morgan fingerprint density at radius 3 is 2.52 bits per heavy atom. The van der Waals surface area contributed by atoms with E-state index in [2.05, 4.69) is 4.72 Å². The van der Waals surface area contributed by atoms with Crippen LogP contribution in [0.15, 0.2) is 36.4 Å². The molecule has 1 heterocycles. The number of hydrogen-bond acceptors (Lipinski definition) is 5. The molecule has 9 heteroatoms. The second-order valence-corrected chi connectivity index (χ2v) is 8.78. The number of carbonyl (C=O) groups excluding carboxylic acids is 1. The molecule has 3 rings (SSSR count). The predicted octanol–water partition coefficient (Wildman–Crippen LogP) is 3.56. The molecule has 1 N–H and O–H groups in total. The van der Waals surface area contributed by atoms with Crippen LogP contribution in [0, 0.1) is 0 Å². The van der Waals surface area contributed by atoms with Crippen LogP contribution in [0.1, 0.15) is 13.8 Å². The van der Waals surface area contributed by atoms with Crippen LogP contribution in [0.5, 0.6) is 11.5 Å². The number of rotatable bonds is 4. The molecule has 0 unspecified atom stereocenters. The second-order valence-electron chi connectivity index (χ2n) is 6.63. The Kier molecular flexibility index (Phi) is 4.73. The Morgan fingerprint density at radius 1 is 1.19 bits per heavy atom. The first kappa shape index (κ1) is 19.3. The summed E-state index contributed by atoms with van der Waals surface area (Å²) < 4.78 is 36.5. The average Bonchev–Trinajstić information content (AvgIpc) is 2.55. The number of anilines is 3. The Morgan fingerprint density at radius 2 is 1.89 bits per heavy atom. The van der Waals surface area contributed by atoms with Crippen molar-refractivity contribution >= 4 is 44.6 Å². The molecule has 0 radical (unpaired) electrons. The molecular formula is C18H19ClN2O5S. The van der Waals surface area contributed by atoms with Gasteiger partial charge in [-0.2, -0.15) is 0 Å². The largest absolute Gasteiger partial charge is 0.495 e. The molecule has 0 bridgehead atoms. The summed E-state index contributed by atoms with van der Waals surface area (Å²) >= 11 is 6.09. The van der Waals surface area contributed by atoms with Crippen molar-refractivity contribution in [2.75, 3.05) is 23.0 Å². The van der Waals surface area contributed by atoms with Crippen molar-refractivity contribution in [1.82, 2.24) is 0 Å². The third-order valence-electron chi connectivity index (χ3n) is 3.98. The lowest BCUT2D eigenvalue weighted by atomic mass is 10.0. The first-order valence-electron chi connectivity index (χ1n) is 8.01. The lowest BCUT2D eigenvalue weighted by molar-refractivity contribution is -0.131. The van der Waals surface area contributed by atoms with E-state index in [1.165, 1.54) is 12.0 Å². The molecule has 0 fully saturated rings. The first-order valence-corrected chi connectivity index (χ1v) is 10.3. The van der Waals surface area contributed by atoms with E-state index in [0.717, 1.165) is 6.26 Å². The van der Waals surface area contributed by atoms with Crippen molar-refractivity contribution in [2.45, 2.75) is 19.4 Å². The maximum absolute atomic E-state index is 13.0. The van der Waals surface area contributed by atoms with Crippen LogP contribution in [-0.2, 0) is 14.8 Å². The van der Waals surface area contributed by atoms with Crippen LogP contribution < -0.4 is 19.1 Å². The van der Waals surface area contributed by atoms with Gasteiger partial charge in [-0.15, -0.1) is 0 Å². The van der Waals surface area contributed by atoms with Gasteiger partial charge in [-0.05, 0) is 38.1 Å². The summed E-state index contributed by atoms with van der Waals surface area (Å²) in [4.78, 5) is 14.5. The number of fused-ring (bicyclic) bond motifs is 1. The van der Waals surface area contributed by atoms with Crippen LogP contribution in [0.25, 0.3) is 0 Å². The van der Waals surface area contributed by atoms with E-state index in [9.17, 15) is 13.2 Å². The highest BCUT2D eigenvalue weighted by atomic mass is 35.5. The topological polar surface area (TPSA) is 84.9 Å². The summed E-state index contributed by atoms with van der Waals surface area (Å²) in [6.45, 7) is 3.30. The molecule has 2 aromatic rings. The van der Waals surface area contributed by atoms with E-state index in [1.807, 2.05) is 0 Å². The Labute approximate surface area is 162 Å². The highest BCUT2D eigenvalue weighted by Crippen LogP contribution is 2.44. The second kappa shape index (κ2) is 6.61. The summed E-state index contributed by atoms with van der Waals surface area (Å²) in [6.07, 6.45) is 1.06. The van der Waals surface area contributed by atoms with E-state index in [4.69, 9.17) is 21.1 Å². The monoisotopic (exact) mass is 410 g/mol. The van der Waals surface area contributed by atoms with Gasteiger partial charge in [-0.25, -0.2) is 8.42 Å². The number of nitrogens with one attached hydrogen (secondary N) is 1. The molecule has 0 saturated carbocycles. The van der Waals surface area contributed by atoms with Gasteiger partial charge in [0.05, 0.1) is 35.5 Å². The number of sulfonamides is 1. The lowest BCUT2D eigenvalue weighted by Gasteiger charge is -2.39. The molecule has 0 aromatic heterocycles. The number of benzene rings is 2. The molecule has 0 atom stereocenters. The van der Waals surface area contributed by atoms with E-state index in [-0.39, 0.29) is 5.91 Å². The normalized spacial score (nSPS) is 15.7. The lowest BCUT2D eigenvalue weighted by Crippen LogP contribution is -2.50.